The minimum atomic E-state index is -0.967. The van der Waals surface area contributed by atoms with Gasteiger partial charge >= 0.3 is 0 Å². The molecule has 2 aliphatic rings. The molecule has 3 rings (SSSR count). The maximum atomic E-state index is 13.1. The normalized spacial score (nSPS) is 17.2. The van der Waals surface area contributed by atoms with E-state index in [1.54, 1.807) is 12.1 Å². The Hall–Kier alpha value is -2.41. The van der Waals surface area contributed by atoms with Crippen molar-refractivity contribution in [2.45, 2.75) is 31.7 Å². The SMILES string of the molecule is Cl.NCCOCCOCCOCCOCCCc1cccc2c1C(=O)N(C1CCC(=O)NC1=O)C2=O. The summed E-state index contributed by atoms with van der Waals surface area (Å²) in [5.41, 5.74) is 6.68. The number of nitrogens with one attached hydrogen (secondary N) is 1. The van der Waals surface area contributed by atoms with Crippen molar-refractivity contribution in [3.05, 3.63) is 34.9 Å². The van der Waals surface area contributed by atoms with Crippen molar-refractivity contribution >= 4 is 36.0 Å². The molecule has 0 aliphatic carbocycles. The topological polar surface area (TPSA) is 146 Å². The molecule has 2 aliphatic heterocycles. The zero-order valence-electron chi connectivity index (χ0n) is 20.2. The van der Waals surface area contributed by atoms with Crippen molar-refractivity contribution in [1.29, 1.82) is 0 Å². The second kappa shape index (κ2) is 15.6. The van der Waals surface area contributed by atoms with E-state index in [9.17, 15) is 19.2 Å². The minimum Gasteiger partial charge on any atom is -0.379 e. The fourth-order valence-corrected chi connectivity index (χ4v) is 4.00. The standard InChI is InChI=1S/C24H33N3O8.ClH/c25-8-10-33-12-14-35-16-15-34-13-11-32-9-2-4-17-3-1-5-18-21(17)24(31)27(23(18)30)19-6-7-20(28)26-22(19)29;/h1,3,5,19H,2,4,6-16,25H2,(H,26,28,29);1H. The Labute approximate surface area is 216 Å². The molecule has 2 heterocycles. The van der Waals surface area contributed by atoms with Crippen LogP contribution in [0, 0.1) is 0 Å². The van der Waals surface area contributed by atoms with Gasteiger partial charge in [0.15, 0.2) is 0 Å². The summed E-state index contributed by atoms with van der Waals surface area (Å²) in [5.74, 6) is -2.00. The number of carbonyl (C=O) groups is 4. The van der Waals surface area contributed by atoms with Crippen LogP contribution in [0.15, 0.2) is 18.2 Å². The van der Waals surface area contributed by atoms with E-state index in [4.69, 9.17) is 24.7 Å². The van der Waals surface area contributed by atoms with Crippen molar-refractivity contribution in [2.75, 3.05) is 59.4 Å². The largest absolute Gasteiger partial charge is 0.379 e. The molecule has 1 aromatic rings. The number of hydrogen-bond donors (Lipinski definition) is 2. The number of amides is 4. The Balaban J connectivity index is 0.00000456. The summed E-state index contributed by atoms with van der Waals surface area (Å²) in [4.78, 5) is 50.6. The first-order valence-corrected chi connectivity index (χ1v) is 11.9. The fourth-order valence-electron chi connectivity index (χ4n) is 4.00. The Bertz CT molecular complexity index is 913. The molecule has 36 heavy (non-hydrogen) atoms. The number of fused-ring (bicyclic) bond motifs is 1. The van der Waals surface area contributed by atoms with Gasteiger partial charge in [-0.2, -0.15) is 0 Å². The van der Waals surface area contributed by atoms with Crippen LogP contribution in [-0.2, 0) is 35.0 Å². The maximum absolute atomic E-state index is 13.1. The molecule has 0 saturated carbocycles. The highest BCUT2D eigenvalue weighted by Gasteiger charge is 2.45. The quantitative estimate of drug-likeness (QED) is 0.231. The van der Waals surface area contributed by atoms with Gasteiger partial charge in [0.25, 0.3) is 11.8 Å². The van der Waals surface area contributed by atoms with Gasteiger partial charge in [0.05, 0.1) is 57.4 Å². The zero-order valence-corrected chi connectivity index (χ0v) is 21.0. The van der Waals surface area contributed by atoms with Gasteiger partial charge in [-0.3, -0.25) is 29.4 Å². The number of rotatable bonds is 16. The van der Waals surface area contributed by atoms with Gasteiger partial charge in [0.2, 0.25) is 11.8 Å². The molecule has 4 amide bonds. The van der Waals surface area contributed by atoms with Crippen LogP contribution in [0.4, 0.5) is 0 Å². The van der Waals surface area contributed by atoms with Crippen LogP contribution >= 0.6 is 12.4 Å². The third-order valence-corrected chi connectivity index (χ3v) is 5.67. The average Bonchev–Trinajstić information content (AvgIpc) is 3.10. The van der Waals surface area contributed by atoms with E-state index in [1.165, 1.54) is 0 Å². The minimum absolute atomic E-state index is 0. The van der Waals surface area contributed by atoms with Gasteiger partial charge in [-0.25, -0.2) is 0 Å². The first-order chi connectivity index (χ1) is 17.0. The molecule has 1 aromatic carbocycles. The number of halogens is 1. The molecule has 1 saturated heterocycles. The third kappa shape index (κ3) is 8.05. The second-order valence-corrected chi connectivity index (χ2v) is 8.13. The average molecular weight is 528 g/mol. The Morgan fingerprint density at radius 2 is 1.47 bits per heavy atom. The number of benzene rings is 1. The van der Waals surface area contributed by atoms with E-state index >= 15 is 0 Å². The Morgan fingerprint density at radius 1 is 0.861 bits per heavy atom. The Morgan fingerprint density at radius 3 is 2.08 bits per heavy atom. The number of piperidine rings is 1. The first-order valence-electron chi connectivity index (χ1n) is 11.9. The number of nitrogens with zero attached hydrogens (tertiary/aromatic N) is 1. The summed E-state index contributed by atoms with van der Waals surface area (Å²) < 4.78 is 21.6. The van der Waals surface area contributed by atoms with E-state index in [0.717, 1.165) is 10.5 Å². The van der Waals surface area contributed by atoms with Crippen molar-refractivity contribution in [3.8, 4) is 0 Å². The van der Waals surface area contributed by atoms with Crippen LogP contribution in [0.25, 0.3) is 0 Å². The number of carbonyl (C=O) groups excluding carboxylic acids is 4. The molecule has 1 fully saturated rings. The number of hydrogen-bond acceptors (Lipinski definition) is 9. The van der Waals surface area contributed by atoms with Gasteiger partial charge in [0.1, 0.15) is 6.04 Å². The number of nitrogens with two attached hydrogens (primary N) is 1. The molecule has 1 atom stereocenters. The van der Waals surface area contributed by atoms with Gasteiger partial charge in [0, 0.05) is 19.6 Å². The molecule has 0 aromatic heterocycles. The van der Waals surface area contributed by atoms with Crippen molar-refractivity contribution in [2.24, 2.45) is 5.73 Å². The van der Waals surface area contributed by atoms with Crippen LogP contribution in [-0.4, -0.2) is 94.0 Å². The van der Waals surface area contributed by atoms with Crippen LogP contribution in [0.1, 0.15) is 45.5 Å². The van der Waals surface area contributed by atoms with E-state index < -0.39 is 29.7 Å². The third-order valence-electron chi connectivity index (χ3n) is 5.67. The van der Waals surface area contributed by atoms with Crippen LogP contribution in [0.3, 0.4) is 0 Å². The molecule has 1 unspecified atom stereocenters. The van der Waals surface area contributed by atoms with Crippen LogP contribution < -0.4 is 11.1 Å². The molecular formula is C24H34ClN3O8. The fraction of sp³-hybridized carbons (Fsp3) is 0.583. The highest BCUT2D eigenvalue weighted by molar-refractivity contribution is 6.24. The van der Waals surface area contributed by atoms with Crippen molar-refractivity contribution in [1.82, 2.24) is 10.2 Å². The lowest BCUT2D eigenvalue weighted by atomic mass is 9.99. The predicted octanol–water partition coefficient (Wildman–Crippen LogP) is 0.467. The van der Waals surface area contributed by atoms with Gasteiger partial charge in [-0.05, 0) is 30.9 Å². The molecule has 0 bridgehead atoms. The van der Waals surface area contributed by atoms with Crippen LogP contribution in [0.5, 0.6) is 0 Å². The van der Waals surface area contributed by atoms with Crippen molar-refractivity contribution < 1.29 is 38.1 Å². The molecular weight excluding hydrogens is 494 g/mol. The lowest BCUT2D eigenvalue weighted by molar-refractivity contribution is -0.136. The van der Waals surface area contributed by atoms with Gasteiger partial charge in [-0.1, -0.05) is 12.1 Å². The lowest BCUT2D eigenvalue weighted by Gasteiger charge is -2.27. The van der Waals surface area contributed by atoms with E-state index in [1.807, 2.05) is 6.07 Å². The molecule has 200 valence electrons. The highest BCUT2D eigenvalue weighted by Crippen LogP contribution is 2.30. The molecule has 3 N–H and O–H groups in total. The summed E-state index contributed by atoms with van der Waals surface area (Å²) in [6.45, 7) is 4.35. The van der Waals surface area contributed by atoms with Gasteiger partial charge < -0.3 is 24.7 Å². The molecule has 11 nitrogen and oxygen atoms in total. The lowest BCUT2D eigenvalue weighted by Crippen LogP contribution is -2.54. The molecule has 12 heteroatoms. The molecule has 0 radical (unpaired) electrons. The number of imide groups is 2. The van der Waals surface area contributed by atoms with E-state index in [0.29, 0.717) is 83.4 Å². The van der Waals surface area contributed by atoms with Crippen LogP contribution in [0.2, 0.25) is 0 Å². The summed E-state index contributed by atoms with van der Waals surface area (Å²) in [7, 11) is 0. The predicted molar refractivity (Wildman–Crippen MR) is 131 cm³/mol. The zero-order chi connectivity index (χ0) is 25.0. The summed E-state index contributed by atoms with van der Waals surface area (Å²) >= 11 is 0. The number of ether oxygens (including phenoxy) is 4. The number of aryl methyl sites for hydroxylation is 1. The highest BCUT2D eigenvalue weighted by atomic mass is 35.5. The Kier molecular flexibility index (Phi) is 13.0. The summed E-state index contributed by atoms with van der Waals surface area (Å²) in [6.07, 6.45) is 1.43. The monoisotopic (exact) mass is 527 g/mol. The van der Waals surface area contributed by atoms with Gasteiger partial charge in [-0.15, -0.1) is 12.4 Å². The smallest absolute Gasteiger partial charge is 0.262 e. The maximum Gasteiger partial charge on any atom is 0.262 e. The summed E-state index contributed by atoms with van der Waals surface area (Å²) in [5, 5.41) is 2.20. The second-order valence-electron chi connectivity index (χ2n) is 8.13. The van der Waals surface area contributed by atoms with Crippen molar-refractivity contribution in [3.63, 3.8) is 0 Å². The van der Waals surface area contributed by atoms with E-state index in [-0.39, 0.29) is 25.2 Å². The van der Waals surface area contributed by atoms with E-state index in [2.05, 4.69) is 5.32 Å². The molecule has 0 spiro atoms. The summed E-state index contributed by atoms with van der Waals surface area (Å²) in [6, 6.07) is 4.16. The first kappa shape index (κ1) is 29.8.